The highest BCUT2D eigenvalue weighted by Gasteiger charge is 2.33. The summed E-state index contributed by atoms with van der Waals surface area (Å²) in [6.45, 7) is 1.98. The van der Waals surface area contributed by atoms with Crippen LogP contribution in [0, 0.1) is 0 Å². The van der Waals surface area contributed by atoms with Gasteiger partial charge in [-0.1, -0.05) is 97.1 Å². The first-order chi connectivity index (χ1) is 15.9. The van der Waals surface area contributed by atoms with Crippen LogP contribution in [0.25, 0.3) is 0 Å². The monoisotopic (exact) mass is 418 g/mol. The van der Waals surface area contributed by atoms with E-state index in [9.17, 15) is 0 Å². The minimum absolute atomic E-state index is 0.360. The number of para-hydroxylation sites is 2. The number of piperidine rings is 1. The smallest absolute Gasteiger partial charge is 0.0562 e. The molecule has 5 rings (SSSR count). The molecule has 0 radical (unpaired) electrons. The zero-order chi connectivity index (χ0) is 21.6. The molecule has 4 aromatic carbocycles. The van der Waals surface area contributed by atoms with Crippen LogP contribution in [0.5, 0.6) is 0 Å². The van der Waals surface area contributed by atoms with Gasteiger partial charge in [0.2, 0.25) is 0 Å². The third kappa shape index (κ3) is 4.55. The van der Waals surface area contributed by atoms with E-state index in [2.05, 4.69) is 131 Å². The van der Waals surface area contributed by atoms with Crippen molar-refractivity contribution in [3.8, 4) is 0 Å². The molecule has 0 N–H and O–H groups in total. The molecule has 0 aliphatic carbocycles. The molecule has 1 saturated heterocycles. The van der Waals surface area contributed by atoms with Gasteiger partial charge in [0.05, 0.1) is 6.04 Å². The average molecular weight is 419 g/mol. The van der Waals surface area contributed by atoms with Crippen LogP contribution in [-0.4, -0.2) is 12.6 Å². The van der Waals surface area contributed by atoms with Gasteiger partial charge in [-0.15, -0.1) is 0 Å². The number of hydrogen-bond donors (Lipinski definition) is 0. The Morgan fingerprint density at radius 2 is 1.22 bits per heavy atom. The molecule has 2 atom stereocenters. The molecule has 0 saturated carbocycles. The number of hydrogen-bond acceptors (Lipinski definition) is 2. The summed E-state index contributed by atoms with van der Waals surface area (Å²) in [5.41, 5.74) is 5.38. The highest BCUT2D eigenvalue weighted by Crippen LogP contribution is 2.38. The van der Waals surface area contributed by atoms with Gasteiger partial charge in [0.15, 0.2) is 0 Å². The Labute approximate surface area is 191 Å². The lowest BCUT2D eigenvalue weighted by atomic mass is 9.89. The highest BCUT2D eigenvalue weighted by molar-refractivity contribution is 5.52. The van der Waals surface area contributed by atoms with Crippen molar-refractivity contribution in [1.29, 1.82) is 0 Å². The summed E-state index contributed by atoms with van der Waals surface area (Å²) < 4.78 is 0. The van der Waals surface area contributed by atoms with E-state index in [4.69, 9.17) is 0 Å². The molecule has 160 valence electrons. The van der Waals surface area contributed by atoms with E-state index in [1.807, 2.05) is 0 Å². The fourth-order valence-corrected chi connectivity index (χ4v) is 4.98. The second-order valence-electron chi connectivity index (χ2n) is 8.58. The van der Waals surface area contributed by atoms with Crippen molar-refractivity contribution in [3.63, 3.8) is 0 Å². The van der Waals surface area contributed by atoms with Crippen LogP contribution in [0.3, 0.4) is 0 Å². The first-order valence-electron chi connectivity index (χ1n) is 11.6. The molecule has 0 aromatic heterocycles. The molecule has 0 unspecified atom stereocenters. The van der Waals surface area contributed by atoms with Gasteiger partial charge in [-0.25, -0.2) is 0 Å². The molecule has 1 heterocycles. The zero-order valence-electron chi connectivity index (χ0n) is 18.4. The quantitative estimate of drug-likeness (QED) is 0.329. The average Bonchev–Trinajstić information content (AvgIpc) is 2.89. The van der Waals surface area contributed by atoms with E-state index in [1.54, 1.807) is 0 Å². The van der Waals surface area contributed by atoms with Crippen molar-refractivity contribution in [3.05, 3.63) is 132 Å². The van der Waals surface area contributed by atoms with Gasteiger partial charge < -0.3 is 9.80 Å². The maximum Gasteiger partial charge on any atom is 0.0562 e. The third-order valence-corrected chi connectivity index (χ3v) is 6.57. The van der Waals surface area contributed by atoms with E-state index in [1.165, 1.54) is 22.5 Å². The van der Waals surface area contributed by atoms with E-state index in [0.717, 1.165) is 25.9 Å². The molecule has 2 heteroatoms. The lowest BCUT2D eigenvalue weighted by Crippen LogP contribution is -2.46. The van der Waals surface area contributed by atoms with Crippen LogP contribution >= 0.6 is 0 Å². The predicted octanol–water partition coefficient (Wildman–Crippen LogP) is 7.10. The topological polar surface area (TPSA) is 6.48 Å². The Morgan fingerprint density at radius 3 is 1.88 bits per heavy atom. The highest BCUT2D eigenvalue weighted by atomic mass is 15.2. The summed E-state index contributed by atoms with van der Waals surface area (Å²) >= 11 is 0. The zero-order valence-corrected chi connectivity index (χ0v) is 18.4. The Bertz CT molecular complexity index is 1040. The van der Waals surface area contributed by atoms with Crippen molar-refractivity contribution in [2.75, 3.05) is 16.3 Å². The van der Waals surface area contributed by atoms with Gasteiger partial charge in [-0.05, 0) is 48.2 Å². The maximum absolute atomic E-state index is 2.62. The minimum Gasteiger partial charge on any atom is -0.364 e. The van der Waals surface area contributed by atoms with Gasteiger partial charge in [-0.3, -0.25) is 0 Å². The van der Waals surface area contributed by atoms with Crippen molar-refractivity contribution < 1.29 is 0 Å². The van der Waals surface area contributed by atoms with Gasteiger partial charge in [0.1, 0.15) is 0 Å². The van der Waals surface area contributed by atoms with Crippen molar-refractivity contribution >= 4 is 11.4 Å². The second-order valence-corrected chi connectivity index (χ2v) is 8.58. The molecule has 4 aromatic rings. The van der Waals surface area contributed by atoms with Gasteiger partial charge in [-0.2, -0.15) is 0 Å². The van der Waals surface area contributed by atoms with Crippen LogP contribution in [0.1, 0.15) is 30.0 Å². The maximum atomic E-state index is 2.62. The van der Waals surface area contributed by atoms with Crippen LogP contribution < -0.4 is 9.80 Å². The second kappa shape index (κ2) is 9.74. The first-order valence-corrected chi connectivity index (χ1v) is 11.6. The molecule has 32 heavy (non-hydrogen) atoms. The largest absolute Gasteiger partial charge is 0.364 e. The van der Waals surface area contributed by atoms with E-state index < -0.39 is 0 Å². The molecule has 0 bridgehead atoms. The Hall–Kier alpha value is -3.52. The summed E-state index contributed by atoms with van der Waals surface area (Å²) in [6, 6.07) is 44.5. The number of rotatable bonds is 6. The predicted molar refractivity (Wildman–Crippen MR) is 135 cm³/mol. The van der Waals surface area contributed by atoms with Gasteiger partial charge in [0.25, 0.3) is 0 Å². The lowest BCUT2D eigenvalue weighted by Gasteiger charge is -2.45. The van der Waals surface area contributed by atoms with E-state index in [0.29, 0.717) is 12.1 Å². The number of benzene rings is 4. The molecular weight excluding hydrogens is 388 g/mol. The molecular formula is C30H30N2. The van der Waals surface area contributed by atoms with Crippen LogP contribution in [-0.2, 0) is 6.54 Å². The van der Waals surface area contributed by atoms with E-state index in [-0.39, 0.29) is 0 Å². The lowest BCUT2D eigenvalue weighted by molar-refractivity contribution is 0.395. The molecule has 0 amide bonds. The first kappa shape index (κ1) is 20.4. The Balaban J connectivity index is 1.48. The summed E-state index contributed by atoms with van der Waals surface area (Å²) in [4.78, 5) is 5.21. The molecule has 1 fully saturated rings. The normalized spacial score (nSPS) is 18.3. The number of anilines is 2. The van der Waals surface area contributed by atoms with Crippen LogP contribution in [0.4, 0.5) is 11.4 Å². The standard InChI is InChI=1S/C30H30N2/c1-5-13-25(14-6-1)24-32(28-19-11-4-12-20-28)29-21-22-31(27-17-9-3-10-18-27)30(23-29)26-15-7-2-8-16-26/h1-20,29-30H,21-24H2/t29-,30-/m1/s1. The van der Waals surface area contributed by atoms with Gasteiger partial charge >= 0.3 is 0 Å². The van der Waals surface area contributed by atoms with Crippen molar-refractivity contribution in [1.82, 2.24) is 0 Å². The van der Waals surface area contributed by atoms with Crippen molar-refractivity contribution in [2.24, 2.45) is 0 Å². The van der Waals surface area contributed by atoms with Crippen LogP contribution in [0.2, 0.25) is 0 Å². The Morgan fingerprint density at radius 1 is 0.656 bits per heavy atom. The fourth-order valence-electron chi connectivity index (χ4n) is 4.98. The number of nitrogens with zero attached hydrogens (tertiary/aromatic N) is 2. The minimum atomic E-state index is 0.360. The van der Waals surface area contributed by atoms with Gasteiger partial charge in [0, 0.05) is 30.5 Å². The molecule has 2 nitrogen and oxygen atoms in total. The fraction of sp³-hybridized carbons (Fsp3) is 0.200. The molecule has 0 spiro atoms. The molecule has 1 aliphatic rings. The summed E-state index contributed by atoms with van der Waals surface area (Å²) in [7, 11) is 0. The summed E-state index contributed by atoms with van der Waals surface area (Å²) in [5, 5.41) is 0. The van der Waals surface area contributed by atoms with E-state index >= 15 is 0 Å². The third-order valence-electron chi connectivity index (χ3n) is 6.57. The van der Waals surface area contributed by atoms with Crippen molar-refractivity contribution in [2.45, 2.75) is 31.5 Å². The van der Waals surface area contributed by atoms with Crippen LogP contribution in [0.15, 0.2) is 121 Å². The summed E-state index contributed by atoms with van der Waals surface area (Å²) in [6.07, 6.45) is 2.24. The summed E-state index contributed by atoms with van der Waals surface area (Å²) in [5.74, 6) is 0. The SMILES string of the molecule is c1ccc(CN(c2ccccc2)[C@@H]2CCN(c3ccccc3)[C@@H](c3ccccc3)C2)cc1. The Kier molecular flexibility index (Phi) is 6.20. The molecule has 1 aliphatic heterocycles.